The van der Waals surface area contributed by atoms with Gasteiger partial charge in [0.2, 0.25) is 0 Å². The highest BCUT2D eigenvalue weighted by molar-refractivity contribution is 5.35. The summed E-state index contributed by atoms with van der Waals surface area (Å²) in [5.74, 6) is 4.99. The molecule has 0 saturated carbocycles. The zero-order valence-electron chi connectivity index (χ0n) is 11.6. The molecule has 0 aliphatic rings. The Bertz CT molecular complexity index is 607. The number of nitrogens with one attached hydrogen (secondary N) is 1. The molecule has 2 rings (SSSR count). The Labute approximate surface area is 121 Å². The number of hydrazine groups is 1. The van der Waals surface area contributed by atoms with Crippen LogP contribution < -0.4 is 16.0 Å². The summed E-state index contributed by atoms with van der Waals surface area (Å²) in [6.07, 6.45) is 3.96. The molecule has 0 bridgehead atoms. The number of halogens is 2. The van der Waals surface area contributed by atoms with Gasteiger partial charge in [0, 0.05) is 11.8 Å². The van der Waals surface area contributed by atoms with Crippen molar-refractivity contribution in [3.8, 4) is 5.75 Å². The monoisotopic (exact) mass is 293 g/mol. The van der Waals surface area contributed by atoms with Crippen LogP contribution in [0.15, 0.2) is 36.7 Å². The minimum Gasteiger partial charge on any atom is -0.492 e. The highest BCUT2D eigenvalue weighted by Gasteiger charge is 2.18. The molecular formula is C15H17F2N3O. The van der Waals surface area contributed by atoms with Crippen molar-refractivity contribution in [2.45, 2.75) is 19.4 Å². The first kappa shape index (κ1) is 15.3. The van der Waals surface area contributed by atoms with Crippen molar-refractivity contribution in [2.24, 2.45) is 5.84 Å². The maximum absolute atomic E-state index is 13.9. The van der Waals surface area contributed by atoms with Gasteiger partial charge in [0.05, 0.1) is 18.8 Å². The summed E-state index contributed by atoms with van der Waals surface area (Å²) in [5, 5.41) is 0. The number of hydrogen-bond donors (Lipinski definition) is 2. The lowest BCUT2D eigenvalue weighted by atomic mass is 10.00. The lowest BCUT2D eigenvalue weighted by Crippen LogP contribution is -2.29. The average Bonchev–Trinajstić information content (AvgIpc) is 2.50. The molecule has 4 nitrogen and oxygen atoms in total. The first-order valence-corrected chi connectivity index (χ1v) is 6.64. The topological polar surface area (TPSA) is 60.2 Å². The van der Waals surface area contributed by atoms with Crippen LogP contribution >= 0.6 is 0 Å². The van der Waals surface area contributed by atoms with Gasteiger partial charge >= 0.3 is 0 Å². The summed E-state index contributed by atoms with van der Waals surface area (Å²) in [5.41, 5.74) is 3.19. The van der Waals surface area contributed by atoms with Gasteiger partial charge in [-0.05, 0) is 36.2 Å². The molecule has 0 spiro atoms. The van der Waals surface area contributed by atoms with Gasteiger partial charge in [-0.1, -0.05) is 6.92 Å². The molecule has 112 valence electrons. The largest absolute Gasteiger partial charge is 0.492 e. The number of benzene rings is 1. The first-order chi connectivity index (χ1) is 10.2. The Hall–Kier alpha value is -2.05. The van der Waals surface area contributed by atoms with E-state index >= 15 is 0 Å². The molecule has 6 heteroatoms. The Balaban J connectivity index is 2.34. The summed E-state index contributed by atoms with van der Waals surface area (Å²) in [6.45, 7) is 2.55. The number of pyridine rings is 1. The van der Waals surface area contributed by atoms with Gasteiger partial charge < -0.3 is 4.74 Å². The Morgan fingerprint density at radius 2 is 2.10 bits per heavy atom. The smallest absolute Gasteiger partial charge is 0.137 e. The molecule has 0 saturated heterocycles. The van der Waals surface area contributed by atoms with E-state index in [4.69, 9.17) is 10.6 Å². The maximum Gasteiger partial charge on any atom is 0.137 e. The van der Waals surface area contributed by atoms with E-state index < -0.39 is 17.7 Å². The van der Waals surface area contributed by atoms with E-state index in [-0.39, 0.29) is 5.56 Å². The van der Waals surface area contributed by atoms with E-state index in [1.54, 1.807) is 12.3 Å². The molecular weight excluding hydrogens is 276 g/mol. The third-order valence-corrected chi connectivity index (χ3v) is 2.98. The van der Waals surface area contributed by atoms with Gasteiger partial charge in [-0.3, -0.25) is 10.8 Å². The molecule has 0 aliphatic carbocycles. The number of rotatable bonds is 6. The molecule has 3 N–H and O–H groups in total. The normalized spacial score (nSPS) is 12.2. The second kappa shape index (κ2) is 7.10. The van der Waals surface area contributed by atoms with Crippen molar-refractivity contribution in [2.75, 3.05) is 6.61 Å². The lowest BCUT2D eigenvalue weighted by molar-refractivity contribution is 0.315. The van der Waals surface area contributed by atoms with Crippen LogP contribution in [0.3, 0.4) is 0 Å². The number of hydrogen-bond acceptors (Lipinski definition) is 4. The molecule has 21 heavy (non-hydrogen) atoms. The molecule has 1 heterocycles. The van der Waals surface area contributed by atoms with Crippen LogP contribution in [0.1, 0.15) is 30.5 Å². The van der Waals surface area contributed by atoms with Crippen molar-refractivity contribution >= 4 is 0 Å². The van der Waals surface area contributed by atoms with Crippen molar-refractivity contribution in [3.63, 3.8) is 0 Å². The Morgan fingerprint density at radius 3 is 2.81 bits per heavy atom. The zero-order chi connectivity index (χ0) is 15.2. The number of nitrogens with zero attached hydrogens (tertiary/aromatic N) is 1. The quantitative estimate of drug-likeness (QED) is 0.635. The van der Waals surface area contributed by atoms with Crippen molar-refractivity contribution in [1.82, 2.24) is 10.4 Å². The van der Waals surface area contributed by atoms with Gasteiger partial charge in [0.1, 0.15) is 17.4 Å². The molecule has 1 unspecified atom stereocenters. The summed E-state index contributed by atoms with van der Waals surface area (Å²) in [4.78, 5) is 4.05. The van der Waals surface area contributed by atoms with Gasteiger partial charge in [0.25, 0.3) is 0 Å². The highest BCUT2D eigenvalue weighted by Crippen LogP contribution is 2.26. The van der Waals surface area contributed by atoms with Crippen molar-refractivity contribution in [3.05, 3.63) is 59.4 Å². The fourth-order valence-corrected chi connectivity index (χ4v) is 1.99. The molecule has 2 aromatic rings. The standard InChI is InChI=1S/C15H17F2N3O/c1-2-5-21-12-6-10(8-19-9-12)15(20-18)13-7-11(16)3-4-14(13)17/h3-4,6-9,15,20H,2,5,18H2,1H3. The van der Waals surface area contributed by atoms with Crippen molar-refractivity contribution < 1.29 is 13.5 Å². The summed E-state index contributed by atoms with van der Waals surface area (Å²) < 4.78 is 32.7. The predicted octanol–water partition coefficient (Wildman–Crippen LogP) is 2.70. The van der Waals surface area contributed by atoms with E-state index in [1.165, 1.54) is 6.20 Å². The van der Waals surface area contributed by atoms with Crippen molar-refractivity contribution in [1.29, 1.82) is 0 Å². The lowest BCUT2D eigenvalue weighted by Gasteiger charge is -2.18. The number of ether oxygens (including phenoxy) is 1. The van der Waals surface area contributed by atoms with Gasteiger partial charge in [0.15, 0.2) is 0 Å². The molecule has 1 atom stereocenters. The molecule has 0 amide bonds. The van der Waals surface area contributed by atoms with Crippen LogP contribution in [0.25, 0.3) is 0 Å². The van der Waals surface area contributed by atoms with Crippen LogP contribution in [0.2, 0.25) is 0 Å². The summed E-state index contributed by atoms with van der Waals surface area (Å²) >= 11 is 0. The third kappa shape index (κ3) is 3.74. The van der Waals surface area contributed by atoms with Crippen LogP contribution in [0.4, 0.5) is 8.78 Å². The van der Waals surface area contributed by atoms with E-state index in [1.807, 2.05) is 6.92 Å². The van der Waals surface area contributed by atoms with E-state index in [2.05, 4.69) is 10.4 Å². The van der Waals surface area contributed by atoms with Gasteiger partial charge in [-0.15, -0.1) is 0 Å². The van der Waals surface area contributed by atoms with Crippen LogP contribution in [-0.4, -0.2) is 11.6 Å². The summed E-state index contributed by atoms with van der Waals surface area (Å²) in [7, 11) is 0. The molecule has 0 aliphatic heterocycles. The van der Waals surface area contributed by atoms with Crippen LogP contribution in [0.5, 0.6) is 5.75 Å². The average molecular weight is 293 g/mol. The third-order valence-electron chi connectivity index (χ3n) is 2.98. The highest BCUT2D eigenvalue weighted by atomic mass is 19.1. The molecule has 1 aromatic heterocycles. The Kier molecular flexibility index (Phi) is 5.19. The SMILES string of the molecule is CCCOc1cncc(C(NN)c2cc(F)ccc2F)c1. The zero-order valence-corrected chi connectivity index (χ0v) is 11.6. The van der Waals surface area contributed by atoms with E-state index in [0.29, 0.717) is 17.9 Å². The minimum atomic E-state index is -0.710. The second-order valence-electron chi connectivity index (χ2n) is 4.57. The number of nitrogens with two attached hydrogens (primary N) is 1. The number of aromatic nitrogens is 1. The minimum absolute atomic E-state index is 0.118. The van der Waals surface area contributed by atoms with Crippen LogP contribution in [0, 0.1) is 11.6 Å². The molecule has 1 aromatic carbocycles. The van der Waals surface area contributed by atoms with E-state index in [0.717, 1.165) is 24.6 Å². The maximum atomic E-state index is 13.9. The second-order valence-corrected chi connectivity index (χ2v) is 4.57. The van der Waals surface area contributed by atoms with E-state index in [9.17, 15) is 8.78 Å². The summed E-state index contributed by atoms with van der Waals surface area (Å²) in [6, 6.07) is 4.24. The fraction of sp³-hybridized carbons (Fsp3) is 0.267. The van der Waals surface area contributed by atoms with Gasteiger partial charge in [-0.2, -0.15) is 0 Å². The van der Waals surface area contributed by atoms with Crippen LogP contribution in [-0.2, 0) is 0 Å². The van der Waals surface area contributed by atoms with Gasteiger partial charge in [-0.25, -0.2) is 14.2 Å². The fourth-order valence-electron chi connectivity index (χ4n) is 1.99. The molecule has 0 fully saturated rings. The Morgan fingerprint density at radius 1 is 1.29 bits per heavy atom. The molecule has 0 radical (unpaired) electrons. The first-order valence-electron chi connectivity index (χ1n) is 6.64. The predicted molar refractivity (Wildman–Crippen MR) is 75.5 cm³/mol.